The van der Waals surface area contributed by atoms with Crippen molar-refractivity contribution in [1.82, 2.24) is 30.0 Å². The molecule has 3 N–H and O–H groups in total. The average molecular weight is 603 g/mol. The fourth-order valence-electron chi connectivity index (χ4n) is 6.35. The Morgan fingerprint density at radius 3 is 2.38 bits per heavy atom. The fourth-order valence-corrected chi connectivity index (χ4v) is 6.35. The van der Waals surface area contributed by atoms with E-state index in [0.29, 0.717) is 25.0 Å². The van der Waals surface area contributed by atoms with Gasteiger partial charge in [-0.3, -0.25) is 9.59 Å². The van der Waals surface area contributed by atoms with E-state index in [1.807, 2.05) is 12.4 Å². The number of imidazole rings is 1. The summed E-state index contributed by atoms with van der Waals surface area (Å²) in [5.41, 5.74) is -0.830. The van der Waals surface area contributed by atoms with Gasteiger partial charge in [0.2, 0.25) is 11.7 Å². The molecule has 1 aromatic heterocycles. The number of likely N-dealkylation sites (tertiary alicyclic amines) is 1. The number of carbonyl (C=O) groups excluding carboxylic acids is 2. The van der Waals surface area contributed by atoms with Gasteiger partial charge in [-0.05, 0) is 43.4 Å². The molecule has 16 heteroatoms. The van der Waals surface area contributed by atoms with E-state index in [-0.39, 0.29) is 35.8 Å². The summed E-state index contributed by atoms with van der Waals surface area (Å²) >= 11 is 0. The van der Waals surface area contributed by atoms with Gasteiger partial charge in [0.25, 0.3) is 5.91 Å². The maximum atomic E-state index is 14.2. The first-order valence-corrected chi connectivity index (χ1v) is 13.2. The molecule has 228 valence electrons. The number of carboxylic acid groups (broad SMARTS) is 1. The maximum absolute atomic E-state index is 14.2. The highest BCUT2D eigenvalue weighted by molar-refractivity contribution is 5.94. The highest BCUT2D eigenvalue weighted by Crippen LogP contribution is 2.47. The van der Waals surface area contributed by atoms with E-state index >= 15 is 0 Å². The van der Waals surface area contributed by atoms with Gasteiger partial charge < -0.3 is 30.1 Å². The number of nitrogens with one attached hydrogen (secondary N) is 2. The third-order valence-electron chi connectivity index (χ3n) is 8.04. The van der Waals surface area contributed by atoms with Gasteiger partial charge in [0, 0.05) is 50.7 Å². The number of alkyl halides is 3. The number of hydrogen-bond donors (Lipinski definition) is 3. The first-order valence-electron chi connectivity index (χ1n) is 13.2. The lowest BCUT2D eigenvalue weighted by Crippen LogP contribution is -2.65. The van der Waals surface area contributed by atoms with Crippen molar-refractivity contribution in [3.05, 3.63) is 52.4 Å². The second-order valence-electron chi connectivity index (χ2n) is 11.4. The smallest absolute Gasteiger partial charge is 0.449 e. The number of fused-ring (bicyclic) bond motifs is 1. The van der Waals surface area contributed by atoms with Crippen LogP contribution in [0.25, 0.3) is 0 Å². The van der Waals surface area contributed by atoms with Gasteiger partial charge in [0.05, 0.1) is 12.2 Å². The largest absolute Gasteiger partial charge is 0.465 e. The van der Waals surface area contributed by atoms with Crippen LogP contribution in [0.4, 0.5) is 31.1 Å². The van der Waals surface area contributed by atoms with Gasteiger partial charge in [0.15, 0.2) is 17.3 Å². The molecule has 1 saturated carbocycles. The van der Waals surface area contributed by atoms with E-state index in [1.54, 1.807) is 0 Å². The molecule has 42 heavy (non-hydrogen) atoms. The van der Waals surface area contributed by atoms with Crippen LogP contribution >= 0.6 is 0 Å². The molecule has 10 nitrogen and oxygen atoms in total. The molecule has 0 radical (unpaired) electrons. The predicted molar refractivity (Wildman–Crippen MR) is 133 cm³/mol. The summed E-state index contributed by atoms with van der Waals surface area (Å²) in [4.78, 5) is 44.4. The van der Waals surface area contributed by atoms with Crippen molar-refractivity contribution in [2.45, 2.75) is 57.0 Å². The maximum Gasteiger partial charge on any atom is 0.449 e. The number of rotatable bonds is 7. The van der Waals surface area contributed by atoms with Gasteiger partial charge in [0.1, 0.15) is 5.82 Å². The predicted octanol–water partition coefficient (Wildman–Crippen LogP) is 2.75. The van der Waals surface area contributed by atoms with Gasteiger partial charge in [-0.1, -0.05) is 0 Å². The van der Waals surface area contributed by atoms with E-state index in [4.69, 9.17) is 0 Å². The van der Waals surface area contributed by atoms with Crippen molar-refractivity contribution in [2.24, 2.45) is 5.41 Å². The molecule has 1 aliphatic carbocycles. The van der Waals surface area contributed by atoms with Crippen molar-refractivity contribution in [3.63, 3.8) is 0 Å². The third kappa shape index (κ3) is 5.89. The van der Waals surface area contributed by atoms with Gasteiger partial charge >= 0.3 is 12.3 Å². The summed E-state index contributed by atoms with van der Waals surface area (Å²) in [5.74, 6) is -6.70. The molecule has 1 unspecified atom stereocenters. The average Bonchev–Trinajstić information content (AvgIpc) is 3.24. The zero-order valence-corrected chi connectivity index (χ0v) is 22.4. The SMILES string of the molecule is CN1CC2(CC(NC(=O)c3nc(C(F)(F)F)n4c3CN(C(=O)CC(Cc3cc(F)c(F)cc3F)NC(=O)O)CC4)C2)C1. The van der Waals surface area contributed by atoms with Crippen LogP contribution in [-0.4, -0.2) is 81.1 Å². The Hall–Kier alpha value is -3.82. The van der Waals surface area contributed by atoms with Gasteiger partial charge in [-0.25, -0.2) is 22.9 Å². The van der Waals surface area contributed by atoms with E-state index in [9.17, 15) is 45.8 Å². The summed E-state index contributed by atoms with van der Waals surface area (Å²) < 4.78 is 83.4. The van der Waals surface area contributed by atoms with E-state index < -0.39 is 78.5 Å². The van der Waals surface area contributed by atoms with E-state index in [2.05, 4.69) is 15.2 Å². The minimum Gasteiger partial charge on any atom is -0.465 e. The lowest BCUT2D eigenvalue weighted by molar-refractivity contribution is -0.148. The van der Waals surface area contributed by atoms with Crippen molar-refractivity contribution in [3.8, 4) is 0 Å². The number of benzene rings is 1. The minimum atomic E-state index is -4.86. The quantitative estimate of drug-likeness (QED) is 0.331. The van der Waals surface area contributed by atoms with Crippen molar-refractivity contribution in [1.29, 1.82) is 0 Å². The first-order chi connectivity index (χ1) is 19.6. The van der Waals surface area contributed by atoms with E-state index in [0.717, 1.165) is 22.6 Å². The monoisotopic (exact) mass is 602 g/mol. The molecule has 1 spiro atoms. The zero-order valence-electron chi connectivity index (χ0n) is 22.4. The van der Waals surface area contributed by atoms with Crippen LogP contribution in [0.5, 0.6) is 0 Å². The third-order valence-corrected chi connectivity index (χ3v) is 8.04. The summed E-state index contributed by atoms with van der Waals surface area (Å²) in [6.07, 6.45) is -6.09. The second-order valence-corrected chi connectivity index (χ2v) is 11.4. The number of carbonyl (C=O) groups is 3. The number of nitrogens with zero attached hydrogens (tertiary/aromatic N) is 4. The summed E-state index contributed by atoms with van der Waals surface area (Å²) in [7, 11) is 1.97. The Kier molecular flexibility index (Phi) is 7.62. The van der Waals surface area contributed by atoms with Crippen LogP contribution < -0.4 is 10.6 Å². The second kappa shape index (κ2) is 10.8. The van der Waals surface area contributed by atoms with Crippen molar-refractivity contribution in [2.75, 3.05) is 26.7 Å². The van der Waals surface area contributed by atoms with Crippen LogP contribution in [0.15, 0.2) is 12.1 Å². The van der Waals surface area contributed by atoms with Crippen molar-refractivity contribution >= 4 is 17.9 Å². The molecule has 1 atom stereocenters. The van der Waals surface area contributed by atoms with Gasteiger partial charge in [-0.2, -0.15) is 13.2 Å². The Bertz CT molecular complexity index is 1410. The lowest BCUT2D eigenvalue weighted by atomic mass is 9.61. The molecule has 2 aromatic rings. The lowest BCUT2D eigenvalue weighted by Gasteiger charge is -2.58. The number of hydrogen-bond acceptors (Lipinski definition) is 5. The Labute approximate surface area is 235 Å². The Balaban J connectivity index is 1.31. The van der Waals surface area contributed by atoms with Crippen LogP contribution in [0.3, 0.4) is 0 Å². The standard InChI is InChI=1S/C26H28F6N6O4/c1-36-11-25(12-36)8-15(9-25)33-22(40)21-19-10-37(2-3-38(19)23(35-21)26(30,31)32)20(39)6-14(34-24(41)42)4-13-5-17(28)18(29)7-16(13)27/h5,7,14-15,34H,2-4,6,8-12H2,1H3,(H,33,40)(H,41,42). The molecule has 1 saturated heterocycles. The Morgan fingerprint density at radius 2 is 1.76 bits per heavy atom. The summed E-state index contributed by atoms with van der Waals surface area (Å²) in [6, 6.07) is -0.624. The molecule has 3 aliphatic rings. The van der Waals surface area contributed by atoms with Crippen LogP contribution in [0.1, 0.15) is 46.8 Å². The molecule has 2 aliphatic heterocycles. The molecule has 3 amide bonds. The molecular formula is C26H28F6N6O4. The number of amides is 3. The number of halogens is 6. The summed E-state index contributed by atoms with van der Waals surface area (Å²) in [6.45, 7) is 0.821. The minimum absolute atomic E-state index is 0.115. The highest BCUT2D eigenvalue weighted by Gasteiger charge is 2.51. The van der Waals surface area contributed by atoms with Crippen LogP contribution in [-0.2, 0) is 30.5 Å². The topological polar surface area (TPSA) is 120 Å². The number of aromatic nitrogens is 2. The van der Waals surface area contributed by atoms with Gasteiger partial charge in [-0.15, -0.1) is 0 Å². The van der Waals surface area contributed by atoms with Crippen molar-refractivity contribution < 1.29 is 45.8 Å². The molecular weight excluding hydrogens is 574 g/mol. The summed E-state index contributed by atoms with van der Waals surface area (Å²) in [5, 5.41) is 14.0. The molecule has 2 fully saturated rings. The molecule has 0 bridgehead atoms. The van der Waals surface area contributed by atoms with Crippen LogP contribution in [0, 0.1) is 22.9 Å². The van der Waals surface area contributed by atoms with Crippen LogP contribution in [0.2, 0.25) is 0 Å². The highest BCUT2D eigenvalue weighted by atomic mass is 19.4. The molecule has 5 rings (SSSR count). The van der Waals surface area contributed by atoms with E-state index in [1.165, 1.54) is 0 Å². The molecule has 1 aromatic carbocycles. The molecule has 3 heterocycles. The fraction of sp³-hybridized carbons (Fsp3) is 0.538. The zero-order chi connectivity index (χ0) is 30.6. The Morgan fingerprint density at radius 1 is 1.10 bits per heavy atom. The first kappa shape index (κ1) is 29.7. The normalized spacial score (nSPS) is 19.1.